The van der Waals surface area contributed by atoms with Crippen molar-refractivity contribution in [3.63, 3.8) is 0 Å². The number of carbonyl (C=O) groups excluding carboxylic acids is 1. The lowest BCUT2D eigenvalue weighted by Gasteiger charge is -2.33. The van der Waals surface area contributed by atoms with Crippen molar-refractivity contribution in [2.75, 3.05) is 26.3 Å². The highest BCUT2D eigenvalue weighted by molar-refractivity contribution is 7.89. The number of benzene rings is 4. The van der Waals surface area contributed by atoms with Crippen molar-refractivity contribution in [2.24, 2.45) is 0 Å². The first-order chi connectivity index (χ1) is 23.7. The fourth-order valence-electron chi connectivity index (χ4n) is 6.75. The average Bonchev–Trinajstić information content (AvgIpc) is 3.89. The molecule has 2 heterocycles. The van der Waals surface area contributed by atoms with E-state index in [1.54, 1.807) is 23.4 Å². The van der Waals surface area contributed by atoms with E-state index in [1.165, 1.54) is 12.1 Å². The molecular formula is C38H37Cl2N3O5S. The number of sulfonamides is 1. The molecule has 0 bridgehead atoms. The third-order valence-corrected chi connectivity index (χ3v) is 11.8. The number of piperidine rings is 1. The molecule has 49 heavy (non-hydrogen) atoms. The van der Waals surface area contributed by atoms with Crippen LogP contribution >= 0.6 is 23.2 Å². The summed E-state index contributed by atoms with van der Waals surface area (Å²) in [4.78, 5) is 16.9. The van der Waals surface area contributed by atoms with Crippen molar-refractivity contribution >= 4 is 50.2 Å². The minimum Gasteiger partial charge on any atom is -0.482 e. The van der Waals surface area contributed by atoms with Crippen LogP contribution in [0, 0.1) is 0 Å². The van der Waals surface area contributed by atoms with E-state index in [9.17, 15) is 13.2 Å². The first kappa shape index (κ1) is 33.6. The average molecular weight is 719 g/mol. The highest BCUT2D eigenvalue weighted by Crippen LogP contribution is 2.44. The second-order valence-corrected chi connectivity index (χ2v) is 15.4. The van der Waals surface area contributed by atoms with Crippen LogP contribution in [-0.4, -0.2) is 54.5 Å². The summed E-state index contributed by atoms with van der Waals surface area (Å²) in [5.41, 5.74) is 5.41. The molecule has 1 aliphatic heterocycles. The van der Waals surface area contributed by atoms with E-state index in [0.29, 0.717) is 47.6 Å². The van der Waals surface area contributed by atoms with Gasteiger partial charge in [-0.2, -0.15) is 4.31 Å². The number of halogens is 2. The molecule has 2 aliphatic rings. The topological polar surface area (TPSA) is 90.7 Å². The molecule has 254 valence electrons. The van der Waals surface area contributed by atoms with E-state index >= 15 is 0 Å². The van der Waals surface area contributed by atoms with E-state index in [2.05, 4.69) is 47.0 Å². The predicted octanol–water partition coefficient (Wildman–Crippen LogP) is 8.37. The molecule has 1 aliphatic carbocycles. The van der Waals surface area contributed by atoms with Gasteiger partial charge in [0.05, 0.1) is 22.5 Å². The Balaban J connectivity index is 1.15. The van der Waals surface area contributed by atoms with Gasteiger partial charge in [-0.3, -0.25) is 0 Å². The van der Waals surface area contributed by atoms with Crippen molar-refractivity contribution in [2.45, 2.75) is 55.4 Å². The number of esters is 1. The monoisotopic (exact) mass is 717 g/mol. The molecule has 1 aromatic heterocycles. The Morgan fingerprint density at radius 2 is 1.43 bits per heavy atom. The summed E-state index contributed by atoms with van der Waals surface area (Å²) >= 11 is 12.5. The van der Waals surface area contributed by atoms with Crippen molar-refractivity contribution in [3.05, 3.63) is 124 Å². The van der Waals surface area contributed by atoms with E-state index < -0.39 is 16.0 Å². The first-order valence-corrected chi connectivity index (χ1v) is 18.8. The van der Waals surface area contributed by atoms with Gasteiger partial charge in [-0.15, -0.1) is 0 Å². The molecule has 0 spiro atoms. The molecule has 4 aromatic carbocycles. The summed E-state index contributed by atoms with van der Waals surface area (Å²) < 4.78 is 41.6. The van der Waals surface area contributed by atoms with Gasteiger partial charge in [0.1, 0.15) is 11.6 Å². The maximum Gasteiger partial charge on any atom is 0.344 e. The number of imidazole rings is 1. The zero-order chi connectivity index (χ0) is 34.1. The van der Waals surface area contributed by atoms with Crippen LogP contribution in [0.25, 0.3) is 11.0 Å². The van der Waals surface area contributed by atoms with Gasteiger partial charge in [0.15, 0.2) is 6.61 Å². The highest BCUT2D eigenvalue weighted by atomic mass is 35.5. The van der Waals surface area contributed by atoms with Gasteiger partial charge in [0, 0.05) is 41.0 Å². The summed E-state index contributed by atoms with van der Waals surface area (Å²) in [7, 11) is -3.71. The lowest BCUT2D eigenvalue weighted by molar-refractivity contribution is -0.145. The number of hydrogen-bond donors (Lipinski definition) is 0. The summed E-state index contributed by atoms with van der Waals surface area (Å²) in [6, 6.07) is 28.8. The zero-order valence-electron chi connectivity index (χ0n) is 27.1. The Hall–Kier alpha value is -3.89. The molecule has 0 unspecified atom stereocenters. The van der Waals surface area contributed by atoms with Gasteiger partial charge in [0.25, 0.3) is 0 Å². The molecule has 1 saturated heterocycles. The zero-order valence-corrected chi connectivity index (χ0v) is 29.4. The Bertz CT molecular complexity index is 2010. The van der Waals surface area contributed by atoms with Crippen LogP contribution in [0.2, 0.25) is 10.0 Å². The minimum atomic E-state index is -3.71. The van der Waals surface area contributed by atoms with Crippen LogP contribution in [0.4, 0.5) is 0 Å². The molecule has 2 fully saturated rings. The quantitative estimate of drug-likeness (QED) is 0.101. The third-order valence-electron chi connectivity index (χ3n) is 9.34. The molecule has 1 saturated carbocycles. The smallest absolute Gasteiger partial charge is 0.344 e. The molecule has 11 heteroatoms. The van der Waals surface area contributed by atoms with Crippen LogP contribution in [0.1, 0.15) is 73.0 Å². The Morgan fingerprint density at radius 1 is 0.837 bits per heavy atom. The third kappa shape index (κ3) is 7.22. The van der Waals surface area contributed by atoms with Crippen molar-refractivity contribution in [1.82, 2.24) is 13.9 Å². The first-order valence-electron chi connectivity index (χ1n) is 16.6. The lowest BCUT2D eigenvalue weighted by Crippen LogP contribution is -2.39. The number of nitrogens with zero attached hydrogens (tertiary/aromatic N) is 3. The van der Waals surface area contributed by atoms with Crippen LogP contribution in [0.5, 0.6) is 5.75 Å². The summed E-state index contributed by atoms with van der Waals surface area (Å²) in [5, 5.41) is 1.37. The fourth-order valence-corrected chi connectivity index (χ4v) is 8.47. The molecular weight excluding hydrogens is 681 g/mol. The Morgan fingerprint density at radius 3 is 2.00 bits per heavy atom. The Kier molecular flexibility index (Phi) is 9.70. The van der Waals surface area contributed by atoms with E-state index in [0.717, 1.165) is 46.4 Å². The van der Waals surface area contributed by atoms with Crippen molar-refractivity contribution in [1.29, 1.82) is 0 Å². The maximum absolute atomic E-state index is 13.6. The molecule has 0 atom stereocenters. The van der Waals surface area contributed by atoms with Gasteiger partial charge in [0.2, 0.25) is 10.0 Å². The van der Waals surface area contributed by atoms with Gasteiger partial charge < -0.3 is 14.0 Å². The van der Waals surface area contributed by atoms with Crippen LogP contribution in [0.15, 0.2) is 95.9 Å². The van der Waals surface area contributed by atoms with Crippen LogP contribution < -0.4 is 4.74 Å². The number of hydrogen-bond acceptors (Lipinski definition) is 6. The SMILES string of the molecule is CCOC(=O)COc1ccc(S(=O)(=O)N2CCC(n3c(C4CC4)nc4ccc(C(c5ccc(Cl)cc5)c5ccc(Cl)cc5)cc43)CC2)cc1. The number of aromatic nitrogens is 2. The van der Waals surface area contributed by atoms with Crippen molar-refractivity contribution < 1.29 is 22.7 Å². The van der Waals surface area contributed by atoms with E-state index in [1.807, 2.05) is 24.3 Å². The van der Waals surface area contributed by atoms with Crippen LogP contribution in [-0.2, 0) is 19.6 Å². The largest absolute Gasteiger partial charge is 0.482 e. The maximum atomic E-state index is 13.6. The standard InChI is InChI=1S/C38H37Cl2N3O5S/c1-2-47-36(44)24-48-32-14-16-33(17-15-32)49(45,46)42-21-19-31(20-22-42)43-35-23-28(9-18-34(35)41-38(43)27-3-4-27)37(25-5-10-29(39)11-6-25)26-7-12-30(40)13-8-26/h5-18,23,27,31,37H,2-4,19-22,24H2,1H3. The highest BCUT2D eigenvalue weighted by Gasteiger charge is 2.35. The molecule has 0 radical (unpaired) electrons. The number of carbonyl (C=O) groups is 1. The summed E-state index contributed by atoms with van der Waals surface area (Å²) in [6.45, 7) is 2.56. The van der Waals surface area contributed by atoms with Gasteiger partial charge in [-0.1, -0.05) is 53.5 Å². The molecule has 0 N–H and O–H groups in total. The van der Waals surface area contributed by atoms with Gasteiger partial charge in [-0.05, 0) is 110 Å². The van der Waals surface area contributed by atoms with Gasteiger partial charge in [-0.25, -0.2) is 18.2 Å². The van der Waals surface area contributed by atoms with Gasteiger partial charge >= 0.3 is 5.97 Å². The number of rotatable bonds is 11. The lowest BCUT2D eigenvalue weighted by atomic mass is 9.85. The Labute approximate surface area is 296 Å². The second-order valence-electron chi connectivity index (χ2n) is 12.6. The molecule has 7 rings (SSSR count). The number of fused-ring (bicyclic) bond motifs is 1. The normalized spacial score (nSPS) is 15.9. The number of ether oxygens (including phenoxy) is 2. The molecule has 8 nitrogen and oxygen atoms in total. The van der Waals surface area contributed by atoms with Crippen molar-refractivity contribution in [3.8, 4) is 5.75 Å². The second kappa shape index (κ2) is 14.2. The summed E-state index contributed by atoms with van der Waals surface area (Å²) in [5.74, 6) is 1.41. The van der Waals surface area contributed by atoms with Crippen LogP contribution in [0.3, 0.4) is 0 Å². The fraction of sp³-hybridized carbons (Fsp3) is 0.316. The summed E-state index contributed by atoms with van der Waals surface area (Å²) in [6.07, 6.45) is 3.57. The molecule has 5 aromatic rings. The predicted molar refractivity (Wildman–Crippen MR) is 191 cm³/mol. The van der Waals surface area contributed by atoms with E-state index in [-0.39, 0.29) is 30.1 Å². The minimum absolute atomic E-state index is 0.0411. The van der Waals surface area contributed by atoms with E-state index in [4.69, 9.17) is 37.7 Å². The molecule has 0 amide bonds.